The summed E-state index contributed by atoms with van der Waals surface area (Å²) in [5.41, 5.74) is 5.55. The molecule has 0 atom stereocenters. The van der Waals surface area contributed by atoms with Gasteiger partial charge in [0.25, 0.3) is 18.3 Å². The summed E-state index contributed by atoms with van der Waals surface area (Å²) in [6, 6.07) is 23.8. The van der Waals surface area contributed by atoms with Crippen molar-refractivity contribution in [2.75, 3.05) is 63.6 Å². The molecule has 0 saturated carbocycles. The van der Waals surface area contributed by atoms with Crippen LogP contribution < -0.4 is 15.0 Å². The monoisotopic (exact) mass is 598 g/mol. The highest BCUT2D eigenvalue weighted by molar-refractivity contribution is 6.06. The van der Waals surface area contributed by atoms with Crippen molar-refractivity contribution >= 4 is 35.7 Å². The molecule has 2 fully saturated rings. The number of carbonyl (C=O) groups is 3. The van der Waals surface area contributed by atoms with Gasteiger partial charge < -0.3 is 29.9 Å². The van der Waals surface area contributed by atoms with Crippen molar-refractivity contribution in [3.8, 4) is 5.75 Å². The Balaban J connectivity index is 0.00000141. The second-order valence-corrected chi connectivity index (χ2v) is 11.2. The first-order valence-corrected chi connectivity index (χ1v) is 15.0. The van der Waals surface area contributed by atoms with Gasteiger partial charge in [-0.25, -0.2) is 0 Å². The molecule has 2 aliphatic heterocycles. The average Bonchev–Trinajstić information content (AvgIpc) is 3.06. The highest BCUT2D eigenvalue weighted by Gasteiger charge is 2.25. The number of hydrogen-bond acceptors (Lipinski definition) is 6. The van der Waals surface area contributed by atoms with E-state index < -0.39 is 0 Å². The number of rotatable bonds is 7. The lowest BCUT2D eigenvalue weighted by Crippen LogP contribution is -2.44. The summed E-state index contributed by atoms with van der Waals surface area (Å²) in [7, 11) is 3.79. The number of piperazine rings is 1. The number of ether oxygens (including phenoxy) is 1. The largest absolute Gasteiger partial charge is 0.497 e. The molecule has 3 aromatic carbocycles. The van der Waals surface area contributed by atoms with E-state index in [-0.39, 0.29) is 18.3 Å². The first-order chi connectivity index (χ1) is 21.3. The minimum Gasteiger partial charge on any atom is -0.497 e. The number of nitrogens with zero attached hydrogens (tertiary/aromatic N) is 3. The number of amides is 2. The van der Waals surface area contributed by atoms with Crippen LogP contribution in [-0.2, 0) is 9.59 Å². The maximum absolute atomic E-state index is 13.2. The predicted octanol–water partition coefficient (Wildman–Crippen LogP) is 5.21. The zero-order chi connectivity index (χ0) is 31.5. The third-order valence-corrected chi connectivity index (χ3v) is 8.26. The first kappa shape index (κ1) is 32.3. The molecule has 2 saturated heterocycles. The van der Waals surface area contributed by atoms with Crippen LogP contribution in [0, 0.1) is 0 Å². The molecular formula is C35H42N4O5. The number of piperidine rings is 1. The topological polar surface area (TPSA) is 102 Å². The Hall–Kier alpha value is -4.63. The standard InChI is InChI=1S/C34H40N4O3.CH2O2/c1-25(24-26-4-14-32(41-3)15-5-26)33(39)35-30-10-6-27(7-11-30)28-16-18-38(19-17-28)34(40)29-8-12-31(13-9-29)37-22-20-36(2)21-23-37;2-1-3/h4-15,24,28H,16-23H2,1-3H3,(H,35,39);1H,(H,2,3)/b25-24+;. The number of likely N-dealkylation sites (tertiary alicyclic amines) is 1. The Morgan fingerprint density at radius 1 is 0.864 bits per heavy atom. The number of carbonyl (C=O) groups excluding carboxylic acids is 2. The van der Waals surface area contributed by atoms with E-state index in [4.69, 9.17) is 14.6 Å². The fourth-order valence-electron chi connectivity index (χ4n) is 5.56. The van der Waals surface area contributed by atoms with E-state index in [2.05, 4.69) is 46.4 Å². The SMILES string of the molecule is COc1ccc(/C=C(\C)C(=O)Nc2ccc(C3CCN(C(=O)c4ccc(N5CCN(C)CC5)cc4)CC3)cc2)cc1.O=CO. The second-order valence-electron chi connectivity index (χ2n) is 11.2. The van der Waals surface area contributed by atoms with E-state index in [9.17, 15) is 9.59 Å². The fourth-order valence-corrected chi connectivity index (χ4v) is 5.56. The Bertz CT molecular complexity index is 1400. The molecule has 2 heterocycles. The summed E-state index contributed by atoms with van der Waals surface area (Å²) in [6.45, 7) is 7.22. The zero-order valence-electron chi connectivity index (χ0n) is 25.7. The van der Waals surface area contributed by atoms with Crippen molar-refractivity contribution in [3.05, 3.63) is 95.1 Å². The van der Waals surface area contributed by atoms with Crippen LogP contribution in [0.25, 0.3) is 6.08 Å². The quantitative estimate of drug-likeness (QED) is 0.284. The molecule has 9 nitrogen and oxygen atoms in total. The van der Waals surface area contributed by atoms with Crippen molar-refractivity contribution < 1.29 is 24.2 Å². The molecule has 9 heteroatoms. The summed E-state index contributed by atoms with van der Waals surface area (Å²) >= 11 is 0. The Kier molecular flexibility index (Phi) is 11.5. The molecule has 0 bridgehead atoms. The highest BCUT2D eigenvalue weighted by atomic mass is 16.5. The molecule has 2 amide bonds. The molecule has 232 valence electrons. The normalized spacial score (nSPS) is 16.0. The Labute approximate surface area is 259 Å². The predicted molar refractivity (Wildman–Crippen MR) is 174 cm³/mol. The minimum atomic E-state index is -0.250. The van der Waals surface area contributed by atoms with Crippen LogP contribution in [0.5, 0.6) is 5.75 Å². The smallest absolute Gasteiger partial charge is 0.290 e. The summed E-state index contributed by atoms with van der Waals surface area (Å²) in [4.78, 5) is 41.0. The van der Waals surface area contributed by atoms with Crippen LogP contribution in [0.2, 0.25) is 0 Å². The van der Waals surface area contributed by atoms with Crippen LogP contribution >= 0.6 is 0 Å². The van der Waals surface area contributed by atoms with Gasteiger partial charge in [-0.05, 0) is 98.5 Å². The molecular weight excluding hydrogens is 556 g/mol. The minimum absolute atomic E-state index is 0.115. The Morgan fingerprint density at radius 2 is 1.45 bits per heavy atom. The van der Waals surface area contributed by atoms with Crippen molar-refractivity contribution in [1.82, 2.24) is 9.80 Å². The number of likely N-dealkylation sites (N-methyl/N-ethyl adjacent to an activating group) is 1. The maximum Gasteiger partial charge on any atom is 0.290 e. The van der Waals surface area contributed by atoms with E-state index >= 15 is 0 Å². The third-order valence-electron chi connectivity index (χ3n) is 8.26. The third kappa shape index (κ3) is 8.70. The van der Waals surface area contributed by atoms with E-state index in [1.807, 2.05) is 66.4 Å². The molecule has 3 aromatic rings. The first-order valence-electron chi connectivity index (χ1n) is 15.0. The van der Waals surface area contributed by atoms with Gasteiger partial charge in [0.2, 0.25) is 0 Å². The van der Waals surface area contributed by atoms with Crippen molar-refractivity contribution in [3.63, 3.8) is 0 Å². The zero-order valence-corrected chi connectivity index (χ0v) is 25.7. The second kappa shape index (κ2) is 15.7. The summed E-state index contributed by atoms with van der Waals surface area (Å²) in [6.07, 6.45) is 3.72. The fraction of sp³-hybridized carbons (Fsp3) is 0.343. The molecule has 0 spiro atoms. The van der Waals surface area contributed by atoms with Crippen LogP contribution in [0.15, 0.2) is 78.4 Å². The summed E-state index contributed by atoms with van der Waals surface area (Å²) in [5, 5.41) is 9.88. The lowest BCUT2D eigenvalue weighted by molar-refractivity contribution is -0.122. The van der Waals surface area contributed by atoms with Gasteiger partial charge in [-0.15, -0.1) is 0 Å². The summed E-state index contributed by atoms with van der Waals surface area (Å²) in [5.74, 6) is 1.18. The van der Waals surface area contributed by atoms with Crippen LogP contribution in [0.4, 0.5) is 11.4 Å². The van der Waals surface area contributed by atoms with Gasteiger partial charge in [-0.2, -0.15) is 0 Å². The molecule has 44 heavy (non-hydrogen) atoms. The van der Waals surface area contributed by atoms with E-state index in [1.165, 1.54) is 11.3 Å². The number of methoxy groups -OCH3 is 1. The van der Waals surface area contributed by atoms with E-state index in [0.717, 1.165) is 74.7 Å². The average molecular weight is 599 g/mol. The Morgan fingerprint density at radius 3 is 2.02 bits per heavy atom. The van der Waals surface area contributed by atoms with Gasteiger partial charge in [0, 0.05) is 61.8 Å². The number of nitrogens with one attached hydrogen (secondary N) is 1. The van der Waals surface area contributed by atoms with Crippen LogP contribution in [0.3, 0.4) is 0 Å². The van der Waals surface area contributed by atoms with E-state index in [0.29, 0.717) is 11.5 Å². The molecule has 0 unspecified atom stereocenters. The van der Waals surface area contributed by atoms with Crippen molar-refractivity contribution in [2.24, 2.45) is 0 Å². The maximum atomic E-state index is 13.2. The number of anilines is 2. The molecule has 2 N–H and O–H groups in total. The van der Waals surface area contributed by atoms with Gasteiger partial charge in [0.05, 0.1) is 7.11 Å². The van der Waals surface area contributed by atoms with Gasteiger partial charge >= 0.3 is 0 Å². The molecule has 0 aromatic heterocycles. The van der Waals surface area contributed by atoms with Crippen LogP contribution in [0.1, 0.15) is 47.2 Å². The molecule has 0 radical (unpaired) electrons. The highest BCUT2D eigenvalue weighted by Crippen LogP contribution is 2.30. The van der Waals surface area contributed by atoms with Crippen molar-refractivity contribution in [2.45, 2.75) is 25.7 Å². The van der Waals surface area contributed by atoms with E-state index in [1.54, 1.807) is 7.11 Å². The number of hydrogen-bond donors (Lipinski definition) is 2. The van der Waals surface area contributed by atoms with Crippen LogP contribution in [-0.4, -0.2) is 86.6 Å². The van der Waals surface area contributed by atoms with Crippen molar-refractivity contribution in [1.29, 1.82) is 0 Å². The molecule has 0 aliphatic carbocycles. The molecule has 5 rings (SSSR count). The number of carboxylic acid groups (broad SMARTS) is 1. The van der Waals surface area contributed by atoms with Gasteiger partial charge in [-0.1, -0.05) is 24.3 Å². The number of benzene rings is 3. The lowest BCUT2D eigenvalue weighted by Gasteiger charge is -2.34. The van der Waals surface area contributed by atoms with Gasteiger partial charge in [-0.3, -0.25) is 14.4 Å². The summed E-state index contributed by atoms with van der Waals surface area (Å²) < 4.78 is 5.19. The molecule has 2 aliphatic rings. The van der Waals surface area contributed by atoms with Gasteiger partial charge in [0.1, 0.15) is 5.75 Å². The lowest BCUT2D eigenvalue weighted by atomic mass is 9.89. The van der Waals surface area contributed by atoms with Gasteiger partial charge in [0.15, 0.2) is 0 Å².